The Morgan fingerprint density at radius 3 is 2.75 bits per heavy atom. The highest BCUT2D eigenvalue weighted by atomic mass is 35.5. The third kappa shape index (κ3) is 3.20. The number of nitrogen functional groups attached to an aromatic ring is 1. The Balaban J connectivity index is 2.81. The standard InChI is InChI=1S/C10H13ClN2O3/c1-5(2)16-10(15)13-8-3-6(11)7(12)4-9(8)14/h3-5,14H,12H2,1-2H3,(H,13,15). The smallest absolute Gasteiger partial charge is 0.411 e. The Hall–Kier alpha value is -1.62. The number of aromatic hydroxyl groups is 1. The van der Waals surface area contributed by atoms with Crippen molar-refractivity contribution in [3.05, 3.63) is 17.2 Å². The van der Waals surface area contributed by atoms with Crippen LogP contribution in [-0.4, -0.2) is 17.3 Å². The lowest BCUT2D eigenvalue weighted by Crippen LogP contribution is -2.18. The Kier molecular flexibility index (Phi) is 3.84. The first-order valence-electron chi connectivity index (χ1n) is 4.65. The highest BCUT2D eigenvalue weighted by Gasteiger charge is 2.11. The van der Waals surface area contributed by atoms with Gasteiger partial charge in [-0.05, 0) is 19.9 Å². The van der Waals surface area contributed by atoms with Gasteiger partial charge in [0.25, 0.3) is 0 Å². The van der Waals surface area contributed by atoms with E-state index in [1.54, 1.807) is 13.8 Å². The van der Waals surface area contributed by atoms with Crippen LogP contribution in [0, 0.1) is 0 Å². The summed E-state index contributed by atoms with van der Waals surface area (Å²) in [5.41, 5.74) is 5.86. The Labute approximate surface area is 98.2 Å². The molecule has 1 amide bonds. The van der Waals surface area contributed by atoms with E-state index in [2.05, 4.69) is 5.32 Å². The van der Waals surface area contributed by atoms with Gasteiger partial charge in [0.15, 0.2) is 0 Å². The molecule has 0 unspecified atom stereocenters. The van der Waals surface area contributed by atoms with Crippen LogP contribution >= 0.6 is 11.6 Å². The molecule has 0 heterocycles. The molecule has 0 radical (unpaired) electrons. The molecular weight excluding hydrogens is 232 g/mol. The topological polar surface area (TPSA) is 84.6 Å². The lowest BCUT2D eigenvalue weighted by molar-refractivity contribution is 0.130. The van der Waals surface area contributed by atoms with Crippen LogP contribution < -0.4 is 11.1 Å². The molecule has 1 rings (SSSR count). The molecule has 0 fully saturated rings. The van der Waals surface area contributed by atoms with Crippen LogP contribution in [0.1, 0.15) is 13.8 Å². The average molecular weight is 245 g/mol. The molecule has 16 heavy (non-hydrogen) atoms. The van der Waals surface area contributed by atoms with Crippen LogP contribution in [0.2, 0.25) is 5.02 Å². The largest absolute Gasteiger partial charge is 0.506 e. The number of phenolic OH excluding ortho intramolecular Hbond substituents is 1. The summed E-state index contributed by atoms with van der Waals surface area (Å²) >= 11 is 5.75. The molecule has 0 bridgehead atoms. The number of carbonyl (C=O) groups excluding carboxylic acids is 1. The number of anilines is 2. The Bertz CT molecular complexity index is 407. The van der Waals surface area contributed by atoms with Crippen molar-refractivity contribution < 1.29 is 14.6 Å². The molecule has 0 saturated carbocycles. The summed E-state index contributed by atoms with van der Waals surface area (Å²) in [5.74, 6) is -0.164. The van der Waals surface area contributed by atoms with Crippen LogP contribution in [0.3, 0.4) is 0 Å². The predicted molar refractivity (Wildman–Crippen MR) is 62.8 cm³/mol. The van der Waals surface area contributed by atoms with Gasteiger partial charge in [0.1, 0.15) is 5.75 Å². The maximum Gasteiger partial charge on any atom is 0.411 e. The van der Waals surface area contributed by atoms with E-state index in [4.69, 9.17) is 22.1 Å². The van der Waals surface area contributed by atoms with Gasteiger partial charge in [0, 0.05) is 6.07 Å². The molecule has 0 aliphatic rings. The number of halogens is 1. The molecule has 0 aliphatic carbocycles. The first-order chi connectivity index (χ1) is 7.40. The van der Waals surface area contributed by atoms with E-state index in [1.807, 2.05) is 0 Å². The number of rotatable bonds is 2. The van der Waals surface area contributed by atoms with E-state index < -0.39 is 6.09 Å². The average Bonchev–Trinajstić information content (AvgIpc) is 2.12. The van der Waals surface area contributed by atoms with Gasteiger partial charge in [-0.15, -0.1) is 0 Å². The first kappa shape index (κ1) is 12.4. The lowest BCUT2D eigenvalue weighted by atomic mass is 10.2. The number of hydrogen-bond donors (Lipinski definition) is 3. The first-order valence-corrected chi connectivity index (χ1v) is 5.03. The third-order valence-corrected chi connectivity index (χ3v) is 2.02. The van der Waals surface area contributed by atoms with Gasteiger partial charge in [-0.3, -0.25) is 5.32 Å². The van der Waals surface area contributed by atoms with E-state index >= 15 is 0 Å². The van der Waals surface area contributed by atoms with Gasteiger partial charge in [0.05, 0.1) is 22.5 Å². The quantitative estimate of drug-likeness (QED) is 0.551. The van der Waals surface area contributed by atoms with Crippen LogP contribution in [-0.2, 0) is 4.74 Å². The Morgan fingerprint density at radius 2 is 2.19 bits per heavy atom. The van der Waals surface area contributed by atoms with Crippen molar-refractivity contribution >= 4 is 29.1 Å². The van der Waals surface area contributed by atoms with E-state index in [0.29, 0.717) is 0 Å². The molecule has 1 aromatic rings. The van der Waals surface area contributed by atoms with Crippen molar-refractivity contribution in [1.82, 2.24) is 0 Å². The zero-order valence-corrected chi connectivity index (χ0v) is 9.71. The van der Waals surface area contributed by atoms with Crippen LogP contribution in [0.5, 0.6) is 5.75 Å². The van der Waals surface area contributed by atoms with Crippen molar-refractivity contribution in [2.24, 2.45) is 0 Å². The molecule has 6 heteroatoms. The Morgan fingerprint density at radius 1 is 1.56 bits per heavy atom. The summed E-state index contributed by atoms with van der Waals surface area (Å²) in [6.45, 7) is 3.44. The second-order valence-electron chi connectivity index (χ2n) is 3.47. The number of nitrogens with one attached hydrogen (secondary N) is 1. The molecule has 4 N–H and O–H groups in total. The van der Waals surface area contributed by atoms with E-state index in [0.717, 1.165) is 0 Å². The highest BCUT2D eigenvalue weighted by Crippen LogP contribution is 2.31. The maximum absolute atomic E-state index is 11.3. The normalized spacial score (nSPS) is 10.2. The zero-order valence-electron chi connectivity index (χ0n) is 8.95. The molecule has 88 valence electrons. The summed E-state index contributed by atoms with van der Waals surface area (Å²) in [5, 5.41) is 12.1. The number of carbonyl (C=O) groups is 1. The molecule has 0 saturated heterocycles. The molecule has 0 aromatic heterocycles. The number of hydrogen-bond acceptors (Lipinski definition) is 4. The monoisotopic (exact) mass is 244 g/mol. The molecule has 0 atom stereocenters. The number of phenols is 1. The van der Waals surface area contributed by atoms with Crippen LogP contribution in [0.15, 0.2) is 12.1 Å². The zero-order chi connectivity index (χ0) is 12.3. The minimum atomic E-state index is -0.661. The van der Waals surface area contributed by atoms with Crippen molar-refractivity contribution in [2.45, 2.75) is 20.0 Å². The summed E-state index contributed by atoms with van der Waals surface area (Å²) in [6, 6.07) is 2.61. The van der Waals surface area contributed by atoms with Gasteiger partial charge in [-0.2, -0.15) is 0 Å². The molecule has 1 aromatic carbocycles. The fourth-order valence-corrected chi connectivity index (χ4v) is 1.20. The molecule has 0 spiro atoms. The number of amides is 1. The van der Waals surface area contributed by atoms with Crippen molar-refractivity contribution in [1.29, 1.82) is 0 Å². The van der Waals surface area contributed by atoms with E-state index in [9.17, 15) is 9.90 Å². The highest BCUT2D eigenvalue weighted by molar-refractivity contribution is 6.33. The third-order valence-electron chi connectivity index (χ3n) is 1.69. The number of nitrogens with two attached hydrogens (primary N) is 1. The molecule has 0 aliphatic heterocycles. The summed E-state index contributed by atoms with van der Waals surface area (Å²) in [6.07, 6.45) is -0.905. The molecular formula is C10H13ClN2O3. The summed E-state index contributed by atoms with van der Waals surface area (Å²) in [7, 11) is 0. The van der Waals surface area contributed by atoms with Gasteiger partial charge in [0.2, 0.25) is 0 Å². The van der Waals surface area contributed by atoms with E-state index in [-0.39, 0.29) is 28.3 Å². The fourth-order valence-electron chi connectivity index (χ4n) is 1.03. The minimum Gasteiger partial charge on any atom is -0.506 e. The number of benzene rings is 1. The fraction of sp³-hybridized carbons (Fsp3) is 0.300. The van der Waals surface area contributed by atoms with E-state index in [1.165, 1.54) is 12.1 Å². The second kappa shape index (κ2) is 4.94. The van der Waals surface area contributed by atoms with Crippen LogP contribution in [0.4, 0.5) is 16.2 Å². The lowest BCUT2D eigenvalue weighted by Gasteiger charge is -2.11. The predicted octanol–water partition coefficient (Wildman–Crippen LogP) is 2.58. The van der Waals surface area contributed by atoms with Crippen LogP contribution in [0.25, 0.3) is 0 Å². The van der Waals surface area contributed by atoms with Crippen molar-refractivity contribution in [2.75, 3.05) is 11.1 Å². The van der Waals surface area contributed by atoms with Crippen molar-refractivity contribution in [3.63, 3.8) is 0 Å². The number of ether oxygens (including phenoxy) is 1. The van der Waals surface area contributed by atoms with Crippen molar-refractivity contribution in [3.8, 4) is 5.75 Å². The van der Waals surface area contributed by atoms with Gasteiger partial charge in [-0.25, -0.2) is 4.79 Å². The summed E-state index contributed by atoms with van der Waals surface area (Å²) in [4.78, 5) is 11.3. The SMILES string of the molecule is CC(C)OC(=O)Nc1cc(Cl)c(N)cc1O. The van der Waals surface area contributed by atoms with Gasteiger partial charge < -0.3 is 15.6 Å². The van der Waals surface area contributed by atoms with Gasteiger partial charge in [-0.1, -0.05) is 11.6 Å². The molecule has 5 nitrogen and oxygen atoms in total. The maximum atomic E-state index is 11.3. The minimum absolute atomic E-state index is 0.157. The summed E-state index contributed by atoms with van der Waals surface area (Å²) < 4.78 is 4.84. The second-order valence-corrected chi connectivity index (χ2v) is 3.88. The van der Waals surface area contributed by atoms with Gasteiger partial charge >= 0.3 is 6.09 Å².